The molecule has 1 aromatic heterocycles. The Bertz CT molecular complexity index is 884. The summed E-state index contributed by atoms with van der Waals surface area (Å²) < 4.78 is 11.0. The molecule has 29 heavy (non-hydrogen) atoms. The van der Waals surface area contributed by atoms with Crippen molar-refractivity contribution in [3.05, 3.63) is 48.2 Å². The molecule has 2 aromatic rings. The predicted octanol–water partition coefficient (Wildman–Crippen LogP) is 2.51. The summed E-state index contributed by atoms with van der Waals surface area (Å²) in [6, 6.07) is 10.4. The fourth-order valence-corrected chi connectivity index (χ4v) is 4.57. The minimum absolute atomic E-state index is 0.0158. The number of hydrogen-bond donors (Lipinski definition) is 1. The Morgan fingerprint density at radius 1 is 1.28 bits per heavy atom. The van der Waals surface area contributed by atoms with Crippen molar-refractivity contribution < 1.29 is 19.1 Å². The van der Waals surface area contributed by atoms with Crippen LogP contribution in [0, 0.1) is 0 Å². The number of nitrogens with one attached hydrogen (secondary N) is 1. The van der Waals surface area contributed by atoms with Crippen LogP contribution in [0.15, 0.2) is 42.6 Å². The SMILES string of the molecule is COc1ccc(N2CC(NC(=O)c3ccnc(OC4CCSC4)c3)CC2=O)cc1. The van der Waals surface area contributed by atoms with E-state index in [9.17, 15) is 9.59 Å². The fraction of sp³-hybridized carbons (Fsp3) is 0.381. The molecule has 0 radical (unpaired) electrons. The van der Waals surface area contributed by atoms with Crippen LogP contribution in [0.4, 0.5) is 5.69 Å². The second-order valence-electron chi connectivity index (χ2n) is 7.06. The Balaban J connectivity index is 1.37. The van der Waals surface area contributed by atoms with Gasteiger partial charge in [-0.15, -0.1) is 0 Å². The fourth-order valence-electron chi connectivity index (χ4n) is 3.48. The van der Waals surface area contributed by atoms with Gasteiger partial charge in [0.1, 0.15) is 11.9 Å². The van der Waals surface area contributed by atoms with Crippen molar-refractivity contribution >= 4 is 29.3 Å². The number of thioether (sulfide) groups is 1. The molecule has 8 heteroatoms. The number of aromatic nitrogens is 1. The Hall–Kier alpha value is -2.74. The predicted molar refractivity (Wildman–Crippen MR) is 112 cm³/mol. The molecule has 152 valence electrons. The zero-order valence-electron chi connectivity index (χ0n) is 16.2. The summed E-state index contributed by atoms with van der Waals surface area (Å²) in [6.45, 7) is 0.435. The molecule has 7 nitrogen and oxygen atoms in total. The van der Waals surface area contributed by atoms with E-state index in [0.29, 0.717) is 18.0 Å². The number of anilines is 1. The molecule has 4 rings (SSSR count). The van der Waals surface area contributed by atoms with E-state index in [2.05, 4.69) is 10.3 Å². The monoisotopic (exact) mass is 413 g/mol. The highest BCUT2D eigenvalue weighted by Gasteiger charge is 2.32. The van der Waals surface area contributed by atoms with Gasteiger partial charge in [0.2, 0.25) is 11.8 Å². The molecule has 0 spiro atoms. The highest BCUT2D eigenvalue weighted by atomic mass is 32.2. The van der Waals surface area contributed by atoms with Crippen molar-refractivity contribution in [3.8, 4) is 11.6 Å². The van der Waals surface area contributed by atoms with Crippen LogP contribution in [0.1, 0.15) is 23.2 Å². The maximum atomic E-state index is 12.7. The van der Waals surface area contributed by atoms with Gasteiger partial charge in [-0.3, -0.25) is 9.59 Å². The maximum absolute atomic E-state index is 12.7. The van der Waals surface area contributed by atoms with E-state index in [4.69, 9.17) is 9.47 Å². The summed E-state index contributed by atoms with van der Waals surface area (Å²) in [5.41, 5.74) is 1.28. The van der Waals surface area contributed by atoms with E-state index in [1.54, 1.807) is 30.3 Å². The van der Waals surface area contributed by atoms with E-state index in [1.165, 1.54) is 0 Å². The Labute approximate surface area is 173 Å². The number of nitrogens with zero attached hydrogens (tertiary/aromatic N) is 2. The van der Waals surface area contributed by atoms with Crippen LogP contribution in [-0.4, -0.2) is 54.1 Å². The minimum Gasteiger partial charge on any atom is -0.497 e. The normalized spacial score (nSPS) is 21.3. The number of hydrogen-bond acceptors (Lipinski definition) is 6. The molecule has 1 N–H and O–H groups in total. The molecular formula is C21H23N3O4S. The number of carbonyl (C=O) groups excluding carboxylic acids is 2. The minimum atomic E-state index is -0.249. The number of methoxy groups -OCH3 is 1. The Kier molecular flexibility index (Phi) is 5.89. The third-order valence-electron chi connectivity index (χ3n) is 5.02. The molecule has 2 aliphatic rings. The number of rotatable bonds is 6. The lowest BCUT2D eigenvalue weighted by Gasteiger charge is -2.18. The Morgan fingerprint density at radius 3 is 2.83 bits per heavy atom. The lowest BCUT2D eigenvalue weighted by Crippen LogP contribution is -2.37. The average molecular weight is 413 g/mol. The first kappa shape index (κ1) is 19.6. The van der Waals surface area contributed by atoms with Crippen LogP contribution in [0.5, 0.6) is 11.6 Å². The standard InChI is InChI=1S/C21H23N3O4S/c1-27-17-4-2-16(3-5-17)24-12-15(11-20(24)25)23-21(26)14-6-8-22-19(10-14)28-18-7-9-29-13-18/h2-6,8,10,15,18H,7,9,11-13H2,1H3,(H,23,26). The van der Waals surface area contributed by atoms with E-state index < -0.39 is 0 Å². The van der Waals surface area contributed by atoms with Gasteiger partial charge >= 0.3 is 0 Å². The van der Waals surface area contributed by atoms with Gasteiger partial charge in [-0.25, -0.2) is 4.98 Å². The third-order valence-corrected chi connectivity index (χ3v) is 6.15. The van der Waals surface area contributed by atoms with Gasteiger partial charge in [0, 0.05) is 42.2 Å². The highest BCUT2D eigenvalue weighted by Crippen LogP contribution is 2.25. The smallest absolute Gasteiger partial charge is 0.251 e. The summed E-state index contributed by atoms with van der Waals surface area (Å²) in [4.78, 5) is 31.0. The first-order chi connectivity index (χ1) is 14.1. The van der Waals surface area contributed by atoms with Crippen molar-refractivity contribution in [3.63, 3.8) is 0 Å². The molecule has 0 aliphatic carbocycles. The lowest BCUT2D eigenvalue weighted by atomic mass is 10.2. The van der Waals surface area contributed by atoms with Crippen molar-refractivity contribution in [2.75, 3.05) is 30.1 Å². The van der Waals surface area contributed by atoms with Gasteiger partial charge in [0.25, 0.3) is 5.91 Å². The molecule has 0 saturated carbocycles. The molecule has 3 heterocycles. The van der Waals surface area contributed by atoms with Gasteiger partial charge in [-0.2, -0.15) is 11.8 Å². The second kappa shape index (κ2) is 8.73. The topological polar surface area (TPSA) is 80.8 Å². The largest absolute Gasteiger partial charge is 0.497 e. The Morgan fingerprint density at radius 2 is 2.10 bits per heavy atom. The molecule has 0 bridgehead atoms. The van der Waals surface area contributed by atoms with Crippen LogP contribution in [0.25, 0.3) is 0 Å². The molecule has 2 atom stereocenters. The molecule has 2 amide bonds. The van der Waals surface area contributed by atoms with Crippen LogP contribution >= 0.6 is 11.8 Å². The molecule has 1 aromatic carbocycles. The van der Waals surface area contributed by atoms with Gasteiger partial charge in [0.15, 0.2) is 0 Å². The average Bonchev–Trinajstić information content (AvgIpc) is 3.37. The van der Waals surface area contributed by atoms with Crippen LogP contribution in [-0.2, 0) is 4.79 Å². The van der Waals surface area contributed by atoms with E-state index >= 15 is 0 Å². The maximum Gasteiger partial charge on any atom is 0.251 e. The van der Waals surface area contributed by atoms with Crippen LogP contribution in [0.2, 0.25) is 0 Å². The van der Waals surface area contributed by atoms with E-state index in [0.717, 1.165) is 29.4 Å². The van der Waals surface area contributed by atoms with E-state index in [-0.39, 0.29) is 30.4 Å². The molecule has 2 aliphatic heterocycles. The van der Waals surface area contributed by atoms with Crippen molar-refractivity contribution in [1.29, 1.82) is 0 Å². The second-order valence-corrected chi connectivity index (χ2v) is 8.21. The summed E-state index contributed by atoms with van der Waals surface area (Å²) in [5, 5.41) is 2.96. The summed E-state index contributed by atoms with van der Waals surface area (Å²) in [6.07, 6.45) is 2.99. The number of benzene rings is 1. The number of ether oxygens (including phenoxy) is 2. The van der Waals surface area contributed by atoms with E-state index in [1.807, 2.05) is 36.0 Å². The third kappa shape index (κ3) is 4.64. The highest BCUT2D eigenvalue weighted by molar-refractivity contribution is 7.99. The van der Waals surface area contributed by atoms with Crippen molar-refractivity contribution in [2.45, 2.75) is 25.0 Å². The molecule has 2 saturated heterocycles. The van der Waals surface area contributed by atoms with Crippen molar-refractivity contribution in [2.24, 2.45) is 0 Å². The first-order valence-electron chi connectivity index (χ1n) is 9.58. The lowest BCUT2D eigenvalue weighted by molar-refractivity contribution is -0.117. The first-order valence-corrected chi connectivity index (χ1v) is 10.7. The zero-order valence-corrected chi connectivity index (χ0v) is 17.0. The zero-order chi connectivity index (χ0) is 20.2. The van der Waals surface area contributed by atoms with Crippen molar-refractivity contribution in [1.82, 2.24) is 10.3 Å². The number of carbonyl (C=O) groups is 2. The molecular weight excluding hydrogens is 390 g/mol. The molecule has 2 fully saturated rings. The van der Waals surface area contributed by atoms with Gasteiger partial charge in [-0.1, -0.05) is 0 Å². The summed E-state index contributed by atoms with van der Waals surface area (Å²) in [7, 11) is 1.60. The van der Waals surface area contributed by atoms with Crippen LogP contribution in [0.3, 0.4) is 0 Å². The summed E-state index contributed by atoms with van der Waals surface area (Å²) >= 11 is 1.86. The quantitative estimate of drug-likeness (QED) is 0.784. The van der Waals surface area contributed by atoms with Gasteiger partial charge < -0.3 is 19.7 Å². The molecule has 2 unspecified atom stereocenters. The van der Waals surface area contributed by atoms with Gasteiger partial charge in [-0.05, 0) is 42.5 Å². The van der Waals surface area contributed by atoms with Gasteiger partial charge in [0.05, 0.1) is 13.2 Å². The van der Waals surface area contributed by atoms with Crippen LogP contribution < -0.4 is 19.7 Å². The number of amides is 2. The summed E-state index contributed by atoms with van der Waals surface area (Å²) in [5.74, 6) is 2.99. The number of pyridine rings is 1.